The van der Waals surface area contributed by atoms with Crippen molar-refractivity contribution in [1.82, 2.24) is 4.57 Å². The van der Waals surface area contributed by atoms with Crippen molar-refractivity contribution < 1.29 is 23.5 Å². The van der Waals surface area contributed by atoms with Gasteiger partial charge in [-0.25, -0.2) is 9.79 Å². The summed E-state index contributed by atoms with van der Waals surface area (Å²) in [6.45, 7) is 6.78. The summed E-state index contributed by atoms with van der Waals surface area (Å²) in [5.74, 6) is 0.683. The van der Waals surface area contributed by atoms with E-state index in [1.165, 1.54) is 22.8 Å². The highest BCUT2D eigenvalue weighted by molar-refractivity contribution is 7.07. The van der Waals surface area contributed by atoms with Crippen LogP contribution in [0.3, 0.4) is 0 Å². The predicted molar refractivity (Wildman–Crippen MR) is 122 cm³/mol. The lowest BCUT2D eigenvalue weighted by atomic mass is 9.96. The van der Waals surface area contributed by atoms with E-state index in [1.807, 2.05) is 13.0 Å². The van der Waals surface area contributed by atoms with E-state index in [9.17, 15) is 14.4 Å². The van der Waals surface area contributed by atoms with E-state index in [-0.39, 0.29) is 17.7 Å². The van der Waals surface area contributed by atoms with Gasteiger partial charge in [-0.3, -0.25) is 14.2 Å². The van der Waals surface area contributed by atoms with E-state index in [0.717, 1.165) is 5.76 Å². The van der Waals surface area contributed by atoms with Gasteiger partial charge in [0.2, 0.25) is 0 Å². The van der Waals surface area contributed by atoms with Crippen molar-refractivity contribution in [3.8, 4) is 5.75 Å². The number of aromatic nitrogens is 1. The van der Waals surface area contributed by atoms with Gasteiger partial charge < -0.3 is 13.9 Å². The van der Waals surface area contributed by atoms with Gasteiger partial charge in [0.15, 0.2) is 4.80 Å². The van der Waals surface area contributed by atoms with Crippen LogP contribution in [0.4, 0.5) is 0 Å². The van der Waals surface area contributed by atoms with Crippen LogP contribution in [0, 0.1) is 6.92 Å². The van der Waals surface area contributed by atoms with Gasteiger partial charge >= 0.3 is 11.9 Å². The van der Waals surface area contributed by atoms with Gasteiger partial charge in [-0.05, 0) is 50.6 Å². The Morgan fingerprint density at radius 3 is 2.52 bits per heavy atom. The average molecular weight is 467 g/mol. The number of ether oxygens (including phenoxy) is 2. The van der Waals surface area contributed by atoms with Crippen LogP contribution in [-0.4, -0.2) is 23.1 Å². The topological polar surface area (TPSA) is 100 Å². The zero-order valence-corrected chi connectivity index (χ0v) is 19.4. The largest absolute Gasteiger partial charge is 0.463 e. The number of furan rings is 1. The van der Waals surface area contributed by atoms with E-state index in [0.29, 0.717) is 32.1 Å². The van der Waals surface area contributed by atoms with Crippen molar-refractivity contribution in [2.45, 2.75) is 33.7 Å². The van der Waals surface area contributed by atoms with Crippen LogP contribution in [0.1, 0.15) is 43.9 Å². The van der Waals surface area contributed by atoms with Crippen LogP contribution < -0.4 is 19.6 Å². The molecule has 0 N–H and O–H groups in total. The predicted octanol–water partition coefficient (Wildman–Crippen LogP) is 2.63. The Hall–Kier alpha value is -3.72. The third kappa shape index (κ3) is 4.45. The highest BCUT2D eigenvalue weighted by Gasteiger charge is 2.33. The number of carbonyl (C=O) groups is 2. The Morgan fingerprint density at radius 1 is 1.18 bits per heavy atom. The molecule has 0 saturated carbocycles. The Labute approximate surface area is 193 Å². The van der Waals surface area contributed by atoms with Gasteiger partial charge in [-0.2, -0.15) is 0 Å². The molecule has 33 heavy (non-hydrogen) atoms. The molecule has 1 atom stereocenters. The van der Waals surface area contributed by atoms with E-state index in [1.54, 1.807) is 50.3 Å². The molecule has 3 aromatic rings. The molecule has 1 aliphatic rings. The number of rotatable bonds is 5. The minimum Gasteiger partial charge on any atom is -0.463 e. The first-order chi connectivity index (χ1) is 15.8. The van der Waals surface area contributed by atoms with Crippen LogP contribution in [0.5, 0.6) is 5.75 Å². The van der Waals surface area contributed by atoms with E-state index in [2.05, 4.69) is 4.99 Å². The average Bonchev–Trinajstić information content (AvgIpc) is 3.30. The number of hydrogen-bond donors (Lipinski definition) is 0. The lowest BCUT2D eigenvalue weighted by Crippen LogP contribution is -2.39. The molecule has 9 heteroatoms. The van der Waals surface area contributed by atoms with Crippen molar-refractivity contribution in [2.75, 3.05) is 6.61 Å². The van der Waals surface area contributed by atoms with Crippen LogP contribution >= 0.6 is 11.3 Å². The molecule has 0 saturated heterocycles. The third-order valence-corrected chi connectivity index (χ3v) is 5.99. The summed E-state index contributed by atoms with van der Waals surface area (Å²) >= 11 is 1.22. The number of carbonyl (C=O) groups excluding carboxylic acids is 2. The summed E-state index contributed by atoms with van der Waals surface area (Å²) in [6.07, 6.45) is 1.67. The molecule has 4 rings (SSSR count). The summed E-state index contributed by atoms with van der Waals surface area (Å²) in [4.78, 5) is 42.6. The van der Waals surface area contributed by atoms with Crippen molar-refractivity contribution >= 4 is 29.4 Å². The van der Waals surface area contributed by atoms with Crippen molar-refractivity contribution in [2.24, 2.45) is 4.99 Å². The maximum Gasteiger partial charge on any atom is 0.338 e. The fourth-order valence-corrected chi connectivity index (χ4v) is 4.68. The van der Waals surface area contributed by atoms with Gasteiger partial charge in [0, 0.05) is 13.0 Å². The van der Waals surface area contributed by atoms with Gasteiger partial charge in [0.1, 0.15) is 17.3 Å². The molecule has 0 aliphatic carbocycles. The first-order valence-electron chi connectivity index (χ1n) is 10.3. The summed E-state index contributed by atoms with van der Waals surface area (Å²) < 4.78 is 17.9. The maximum absolute atomic E-state index is 13.5. The molecule has 0 fully saturated rings. The van der Waals surface area contributed by atoms with Gasteiger partial charge in [-0.1, -0.05) is 23.5 Å². The fourth-order valence-electron chi connectivity index (χ4n) is 3.65. The van der Waals surface area contributed by atoms with Gasteiger partial charge in [0.25, 0.3) is 5.56 Å². The molecular weight excluding hydrogens is 444 g/mol. The van der Waals surface area contributed by atoms with Crippen molar-refractivity contribution in [1.29, 1.82) is 0 Å². The molecule has 0 spiro atoms. The maximum atomic E-state index is 13.5. The summed E-state index contributed by atoms with van der Waals surface area (Å²) in [5.41, 5.74) is 1.12. The lowest BCUT2D eigenvalue weighted by molar-refractivity contribution is -0.139. The summed E-state index contributed by atoms with van der Waals surface area (Å²) in [5, 5.41) is 0. The number of allylic oxidation sites excluding steroid dienone is 1. The second-order valence-corrected chi connectivity index (χ2v) is 8.42. The summed E-state index contributed by atoms with van der Waals surface area (Å²) in [6, 6.07) is 9.54. The van der Waals surface area contributed by atoms with Crippen LogP contribution in [0.2, 0.25) is 0 Å². The van der Waals surface area contributed by atoms with E-state index >= 15 is 0 Å². The first kappa shape index (κ1) is 22.5. The molecule has 0 amide bonds. The molecule has 3 heterocycles. The molecule has 0 bridgehead atoms. The first-order valence-corrected chi connectivity index (χ1v) is 11.1. The number of fused-ring (bicyclic) bond motifs is 1. The van der Waals surface area contributed by atoms with Gasteiger partial charge in [0.05, 0.1) is 28.5 Å². The number of esters is 2. The molecule has 170 valence electrons. The van der Waals surface area contributed by atoms with Crippen LogP contribution in [0.15, 0.2) is 61.9 Å². The lowest BCUT2D eigenvalue weighted by Gasteiger charge is -2.24. The minimum absolute atomic E-state index is 0.190. The standard InChI is InChI=1S/C24H22N2O6S/c1-5-30-23(29)20-14(3)25-24-26(21(20)16-7-10-17(11-8-16)32-15(4)27)22(28)19(33-24)12-18-9-6-13(2)31-18/h6-12,21H,5H2,1-4H3. The molecule has 1 aromatic carbocycles. The number of hydrogen-bond acceptors (Lipinski definition) is 8. The normalized spacial score (nSPS) is 15.8. The molecule has 1 unspecified atom stereocenters. The third-order valence-electron chi connectivity index (χ3n) is 5.01. The Morgan fingerprint density at radius 2 is 1.91 bits per heavy atom. The number of aryl methyl sites for hydroxylation is 1. The highest BCUT2D eigenvalue weighted by Crippen LogP contribution is 2.31. The quantitative estimate of drug-likeness (QED) is 0.423. The second kappa shape index (κ2) is 9.03. The fraction of sp³-hybridized carbons (Fsp3) is 0.250. The van der Waals surface area contributed by atoms with Crippen LogP contribution in [0.25, 0.3) is 6.08 Å². The van der Waals surface area contributed by atoms with Crippen molar-refractivity contribution in [3.63, 3.8) is 0 Å². The number of nitrogens with zero attached hydrogens (tertiary/aromatic N) is 2. The zero-order valence-electron chi connectivity index (χ0n) is 18.6. The SMILES string of the molecule is CCOC(=O)C1=C(C)N=c2sc(=Cc3ccc(C)o3)c(=O)n2C1c1ccc(OC(C)=O)cc1. The van der Waals surface area contributed by atoms with E-state index < -0.39 is 18.0 Å². The molecule has 8 nitrogen and oxygen atoms in total. The number of benzene rings is 1. The minimum atomic E-state index is -0.743. The van der Waals surface area contributed by atoms with E-state index in [4.69, 9.17) is 13.9 Å². The molecule has 2 aromatic heterocycles. The van der Waals surface area contributed by atoms with Gasteiger partial charge in [-0.15, -0.1) is 0 Å². The van der Waals surface area contributed by atoms with Crippen LogP contribution in [-0.2, 0) is 14.3 Å². The molecular formula is C24H22N2O6S. The number of thiazole rings is 1. The highest BCUT2D eigenvalue weighted by atomic mass is 32.1. The molecule has 1 aliphatic heterocycles. The Kier molecular flexibility index (Phi) is 6.15. The monoisotopic (exact) mass is 466 g/mol. The second-order valence-electron chi connectivity index (χ2n) is 7.41. The van der Waals surface area contributed by atoms with Crippen molar-refractivity contribution in [3.05, 3.63) is 84.4 Å². The smallest absolute Gasteiger partial charge is 0.338 e. The Bertz CT molecular complexity index is 1440. The summed E-state index contributed by atoms with van der Waals surface area (Å²) in [7, 11) is 0. The zero-order chi connectivity index (χ0) is 23.7. The molecule has 0 radical (unpaired) electrons. The Balaban J connectivity index is 1.90.